The Balaban J connectivity index is 1.86. The molecule has 0 bridgehead atoms. The molecule has 0 aliphatic heterocycles. The molecule has 1 amide bonds. The molecule has 0 spiro atoms. The first-order chi connectivity index (χ1) is 11.4. The Kier molecular flexibility index (Phi) is 4.20. The summed E-state index contributed by atoms with van der Waals surface area (Å²) in [5.74, 6) is -0.132. The van der Waals surface area contributed by atoms with Crippen molar-refractivity contribution in [1.29, 1.82) is 0 Å². The number of amides is 1. The predicted molar refractivity (Wildman–Crippen MR) is 93.7 cm³/mol. The number of furan rings is 1. The van der Waals surface area contributed by atoms with Gasteiger partial charge in [-0.25, -0.2) is 0 Å². The molecule has 0 radical (unpaired) electrons. The predicted octanol–water partition coefficient (Wildman–Crippen LogP) is 3.63. The number of fused-ring (bicyclic) bond motifs is 1. The molecule has 2 N–H and O–H groups in total. The molecule has 0 unspecified atom stereocenters. The van der Waals surface area contributed by atoms with Crippen molar-refractivity contribution in [2.75, 3.05) is 0 Å². The Bertz CT molecular complexity index is 1000. The lowest BCUT2D eigenvalue weighted by atomic mass is 10.1. The quantitative estimate of drug-likeness (QED) is 0.761. The third kappa shape index (κ3) is 2.95. The standard InChI is InChI=1S/C18H17ClN2O3/c1-9-6-10(2)21-17(22)14(9)8-20-18(23)16-11(3)13-7-12(19)4-5-15(13)24-16/h4-7H,8H2,1-3H3,(H,20,23)(H,21,22). The lowest BCUT2D eigenvalue weighted by Gasteiger charge is -2.07. The summed E-state index contributed by atoms with van der Waals surface area (Å²) in [5.41, 5.74) is 3.29. The zero-order valence-electron chi connectivity index (χ0n) is 13.6. The minimum absolute atomic E-state index is 0.136. The fourth-order valence-electron chi connectivity index (χ4n) is 2.76. The molecule has 0 aliphatic carbocycles. The Morgan fingerprint density at radius 1 is 1.25 bits per heavy atom. The highest BCUT2D eigenvalue weighted by molar-refractivity contribution is 6.31. The van der Waals surface area contributed by atoms with Crippen molar-refractivity contribution < 1.29 is 9.21 Å². The molecule has 5 nitrogen and oxygen atoms in total. The highest BCUT2D eigenvalue weighted by atomic mass is 35.5. The van der Waals surface area contributed by atoms with Gasteiger partial charge in [-0.3, -0.25) is 9.59 Å². The van der Waals surface area contributed by atoms with Crippen LogP contribution in [0.25, 0.3) is 11.0 Å². The maximum Gasteiger partial charge on any atom is 0.287 e. The molecule has 0 fully saturated rings. The molecule has 24 heavy (non-hydrogen) atoms. The van der Waals surface area contributed by atoms with E-state index in [4.69, 9.17) is 16.0 Å². The number of H-pyrrole nitrogens is 1. The Morgan fingerprint density at radius 2 is 2.00 bits per heavy atom. The van der Waals surface area contributed by atoms with Crippen LogP contribution in [0.4, 0.5) is 0 Å². The van der Waals surface area contributed by atoms with Gasteiger partial charge in [-0.2, -0.15) is 0 Å². The molecule has 124 valence electrons. The molecule has 0 saturated heterocycles. The highest BCUT2D eigenvalue weighted by Crippen LogP contribution is 2.27. The zero-order valence-corrected chi connectivity index (χ0v) is 14.4. The molecule has 3 rings (SSSR count). The summed E-state index contributed by atoms with van der Waals surface area (Å²) in [6.07, 6.45) is 0. The van der Waals surface area contributed by atoms with Gasteiger partial charge >= 0.3 is 0 Å². The van der Waals surface area contributed by atoms with E-state index in [1.165, 1.54) is 0 Å². The summed E-state index contributed by atoms with van der Waals surface area (Å²) in [6.45, 7) is 5.61. The number of hydrogen-bond donors (Lipinski definition) is 2. The second-order valence-electron chi connectivity index (χ2n) is 5.82. The molecule has 0 aliphatic rings. The number of aromatic amines is 1. The van der Waals surface area contributed by atoms with Crippen LogP contribution < -0.4 is 10.9 Å². The van der Waals surface area contributed by atoms with Gasteiger partial charge in [-0.15, -0.1) is 0 Å². The van der Waals surface area contributed by atoms with E-state index in [2.05, 4.69) is 10.3 Å². The zero-order chi connectivity index (χ0) is 17.4. The van der Waals surface area contributed by atoms with Gasteiger partial charge in [0.25, 0.3) is 11.5 Å². The summed E-state index contributed by atoms with van der Waals surface area (Å²) in [5, 5.41) is 4.13. The second-order valence-corrected chi connectivity index (χ2v) is 6.26. The van der Waals surface area contributed by atoms with Crippen LogP contribution in [0.3, 0.4) is 0 Å². The molecule has 6 heteroatoms. The monoisotopic (exact) mass is 344 g/mol. The number of hydrogen-bond acceptors (Lipinski definition) is 3. The summed E-state index contributed by atoms with van der Waals surface area (Å²) >= 11 is 5.99. The minimum Gasteiger partial charge on any atom is -0.451 e. The first-order valence-corrected chi connectivity index (χ1v) is 7.91. The first kappa shape index (κ1) is 16.3. The van der Waals surface area contributed by atoms with Crippen molar-refractivity contribution in [2.45, 2.75) is 27.3 Å². The van der Waals surface area contributed by atoms with E-state index in [-0.39, 0.29) is 23.8 Å². The summed E-state index contributed by atoms with van der Waals surface area (Å²) in [4.78, 5) is 27.2. The maximum absolute atomic E-state index is 12.4. The largest absolute Gasteiger partial charge is 0.451 e. The van der Waals surface area contributed by atoms with Crippen LogP contribution in [-0.2, 0) is 6.54 Å². The van der Waals surface area contributed by atoms with Crippen molar-refractivity contribution in [3.63, 3.8) is 0 Å². The number of carbonyl (C=O) groups excluding carboxylic acids is 1. The smallest absolute Gasteiger partial charge is 0.287 e. The average molecular weight is 345 g/mol. The molecule has 0 atom stereocenters. The molecule has 2 heterocycles. The van der Waals surface area contributed by atoms with Crippen molar-refractivity contribution in [3.05, 3.63) is 67.8 Å². The Morgan fingerprint density at radius 3 is 2.71 bits per heavy atom. The summed E-state index contributed by atoms with van der Waals surface area (Å²) < 4.78 is 5.63. The molecule has 0 saturated carbocycles. The van der Waals surface area contributed by atoms with E-state index < -0.39 is 0 Å². The first-order valence-electron chi connectivity index (χ1n) is 7.53. The Hall–Kier alpha value is -2.53. The highest BCUT2D eigenvalue weighted by Gasteiger charge is 2.18. The van der Waals surface area contributed by atoms with Gasteiger partial charge < -0.3 is 14.7 Å². The van der Waals surface area contributed by atoms with E-state index >= 15 is 0 Å². The topological polar surface area (TPSA) is 75.1 Å². The second kappa shape index (κ2) is 6.17. The third-order valence-corrected chi connectivity index (χ3v) is 4.26. The summed E-state index contributed by atoms with van der Waals surface area (Å²) in [7, 11) is 0. The van der Waals surface area contributed by atoms with Crippen LogP contribution >= 0.6 is 11.6 Å². The van der Waals surface area contributed by atoms with Crippen molar-refractivity contribution >= 4 is 28.5 Å². The van der Waals surface area contributed by atoms with Gasteiger partial charge in [0.2, 0.25) is 0 Å². The number of pyridine rings is 1. The number of halogens is 1. The van der Waals surface area contributed by atoms with Crippen molar-refractivity contribution in [3.8, 4) is 0 Å². The molecule has 2 aromatic heterocycles. The number of nitrogens with one attached hydrogen (secondary N) is 2. The number of aryl methyl sites for hydroxylation is 3. The fourth-order valence-corrected chi connectivity index (χ4v) is 2.93. The maximum atomic E-state index is 12.4. The van der Waals surface area contributed by atoms with Crippen LogP contribution in [0.15, 0.2) is 33.5 Å². The molecular weight excluding hydrogens is 328 g/mol. The Labute approximate surface area is 143 Å². The average Bonchev–Trinajstić information content (AvgIpc) is 2.83. The van der Waals surface area contributed by atoms with Gasteiger partial charge in [0.1, 0.15) is 5.58 Å². The van der Waals surface area contributed by atoms with E-state index in [1.54, 1.807) is 25.1 Å². The molecule has 3 aromatic rings. The van der Waals surface area contributed by atoms with Crippen LogP contribution in [0, 0.1) is 20.8 Å². The molecular formula is C18H17ClN2O3. The van der Waals surface area contributed by atoms with Crippen molar-refractivity contribution in [2.24, 2.45) is 0 Å². The van der Waals surface area contributed by atoms with E-state index in [0.29, 0.717) is 16.2 Å². The van der Waals surface area contributed by atoms with Crippen molar-refractivity contribution in [1.82, 2.24) is 10.3 Å². The number of aromatic nitrogens is 1. The van der Waals surface area contributed by atoms with E-state index in [0.717, 1.165) is 22.2 Å². The number of carbonyl (C=O) groups is 1. The van der Waals surface area contributed by atoms with Gasteiger partial charge in [-0.05, 0) is 50.6 Å². The van der Waals surface area contributed by atoms with Gasteiger partial charge in [0, 0.05) is 33.8 Å². The van der Waals surface area contributed by atoms with Crippen LogP contribution in [0.1, 0.15) is 32.9 Å². The van der Waals surface area contributed by atoms with E-state index in [1.807, 2.05) is 19.9 Å². The summed E-state index contributed by atoms with van der Waals surface area (Å²) in [6, 6.07) is 7.08. The number of rotatable bonds is 3. The number of benzene rings is 1. The minimum atomic E-state index is -0.362. The van der Waals surface area contributed by atoms with Gasteiger partial charge in [0.15, 0.2) is 5.76 Å². The van der Waals surface area contributed by atoms with Crippen LogP contribution in [0.2, 0.25) is 5.02 Å². The van der Waals surface area contributed by atoms with Crippen LogP contribution in [0.5, 0.6) is 0 Å². The van der Waals surface area contributed by atoms with E-state index in [9.17, 15) is 9.59 Å². The third-order valence-electron chi connectivity index (χ3n) is 4.02. The molecule has 1 aromatic carbocycles. The normalized spacial score (nSPS) is 11.0. The SMILES string of the molecule is Cc1cc(C)c(CNC(=O)c2oc3ccc(Cl)cc3c2C)c(=O)[nH]1. The lowest BCUT2D eigenvalue weighted by Crippen LogP contribution is -2.28. The van der Waals surface area contributed by atoms with Gasteiger partial charge in [-0.1, -0.05) is 11.6 Å². The van der Waals surface area contributed by atoms with Crippen LogP contribution in [-0.4, -0.2) is 10.9 Å². The fraction of sp³-hybridized carbons (Fsp3) is 0.222. The van der Waals surface area contributed by atoms with Gasteiger partial charge in [0.05, 0.1) is 0 Å². The lowest BCUT2D eigenvalue weighted by molar-refractivity contribution is 0.0924.